The minimum absolute atomic E-state index is 0.356. The molecule has 0 saturated heterocycles. The van der Waals surface area contributed by atoms with Crippen molar-refractivity contribution in [3.63, 3.8) is 0 Å². The van der Waals surface area contributed by atoms with Crippen LogP contribution in [0.15, 0.2) is 22.7 Å². The molecule has 2 amide bonds. The van der Waals surface area contributed by atoms with Crippen LogP contribution in [-0.4, -0.2) is 31.8 Å². The van der Waals surface area contributed by atoms with Gasteiger partial charge < -0.3 is 20.1 Å². The van der Waals surface area contributed by atoms with Crippen molar-refractivity contribution < 1.29 is 19.1 Å². The fourth-order valence-electron chi connectivity index (χ4n) is 1.74. The van der Waals surface area contributed by atoms with E-state index in [0.29, 0.717) is 11.3 Å². The maximum absolute atomic E-state index is 12.1. The molecule has 0 aromatic heterocycles. The van der Waals surface area contributed by atoms with Crippen LogP contribution in [0.25, 0.3) is 0 Å². The van der Waals surface area contributed by atoms with Gasteiger partial charge in [0.25, 0.3) is 0 Å². The number of carbonyl (C=O) groups is 2. The summed E-state index contributed by atoms with van der Waals surface area (Å²) in [6.45, 7) is 5.26. The van der Waals surface area contributed by atoms with Gasteiger partial charge in [0.15, 0.2) is 0 Å². The van der Waals surface area contributed by atoms with Gasteiger partial charge >= 0.3 is 6.09 Å². The monoisotopic (exact) mass is 372 g/mol. The van der Waals surface area contributed by atoms with Crippen molar-refractivity contribution in [3.05, 3.63) is 28.2 Å². The summed E-state index contributed by atoms with van der Waals surface area (Å²) in [6.07, 6.45) is -0.667. The van der Waals surface area contributed by atoms with E-state index in [1.165, 1.54) is 14.2 Å². The molecule has 1 rings (SSSR count). The van der Waals surface area contributed by atoms with Gasteiger partial charge in [0.1, 0.15) is 17.4 Å². The van der Waals surface area contributed by atoms with Crippen LogP contribution < -0.4 is 15.4 Å². The van der Waals surface area contributed by atoms with Crippen molar-refractivity contribution in [2.75, 3.05) is 14.2 Å². The molecule has 2 N–H and O–H groups in total. The molecule has 0 radical (unpaired) electrons. The normalized spacial score (nSPS) is 12.3. The largest absolute Gasteiger partial charge is 0.497 e. The molecular formula is C15H21BrN2O4. The lowest BCUT2D eigenvalue weighted by Crippen LogP contribution is -2.41. The molecule has 1 atom stereocenters. The van der Waals surface area contributed by atoms with Crippen molar-refractivity contribution in [1.29, 1.82) is 0 Å². The minimum atomic E-state index is -0.883. The molecule has 0 saturated carbocycles. The maximum atomic E-state index is 12.1. The second kappa shape index (κ2) is 7.49. The van der Waals surface area contributed by atoms with Gasteiger partial charge in [-0.15, -0.1) is 0 Å². The molecule has 122 valence electrons. The number of benzene rings is 1. The van der Waals surface area contributed by atoms with E-state index in [0.717, 1.165) is 4.47 Å². The summed E-state index contributed by atoms with van der Waals surface area (Å²) in [4.78, 5) is 24.0. The summed E-state index contributed by atoms with van der Waals surface area (Å²) in [6, 6.07) is 4.30. The molecule has 0 aliphatic carbocycles. The first-order chi connectivity index (χ1) is 10.2. The van der Waals surface area contributed by atoms with Gasteiger partial charge in [-0.2, -0.15) is 0 Å². The van der Waals surface area contributed by atoms with Gasteiger partial charge in [-0.25, -0.2) is 4.79 Å². The highest BCUT2D eigenvalue weighted by molar-refractivity contribution is 9.10. The Hall–Kier alpha value is -1.76. The number of ether oxygens (including phenoxy) is 2. The topological polar surface area (TPSA) is 76.7 Å². The van der Waals surface area contributed by atoms with E-state index >= 15 is 0 Å². The lowest BCUT2D eigenvalue weighted by molar-refractivity contribution is -0.122. The maximum Gasteiger partial charge on any atom is 0.408 e. The second-order valence-corrected chi connectivity index (χ2v) is 6.53. The van der Waals surface area contributed by atoms with Crippen molar-refractivity contribution >= 4 is 27.9 Å². The molecule has 0 heterocycles. The lowest BCUT2D eigenvalue weighted by atomic mass is 10.1. The molecule has 0 unspecified atom stereocenters. The Morgan fingerprint density at radius 2 is 1.86 bits per heavy atom. The summed E-state index contributed by atoms with van der Waals surface area (Å²) in [7, 11) is 3.03. The molecule has 22 heavy (non-hydrogen) atoms. The minimum Gasteiger partial charge on any atom is -0.497 e. The van der Waals surface area contributed by atoms with Crippen LogP contribution in [0.5, 0.6) is 5.75 Å². The van der Waals surface area contributed by atoms with E-state index in [4.69, 9.17) is 9.47 Å². The number of halogens is 1. The number of hydrogen-bond acceptors (Lipinski definition) is 4. The Kier molecular flexibility index (Phi) is 6.22. The summed E-state index contributed by atoms with van der Waals surface area (Å²) in [5.41, 5.74) is -0.0665. The standard InChI is InChI=1S/C15H21BrN2O4/c1-15(2,3)22-14(20)18-12(13(19)17-4)9-6-10(16)8-11(7-9)21-5/h6-8,12H,1-5H3,(H,17,19)(H,18,20)/t12-/m0/s1. The van der Waals surface area contributed by atoms with E-state index < -0.39 is 17.7 Å². The summed E-state index contributed by atoms with van der Waals surface area (Å²) >= 11 is 3.35. The van der Waals surface area contributed by atoms with E-state index in [1.807, 2.05) is 0 Å². The van der Waals surface area contributed by atoms with Gasteiger partial charge in [-0.3, -0.25) is 4.79 Å². The Bertz CT molecular complexity index is 555. The number of carbonyl (C=O) groups excluding carboxylic acids is 2. The van der Waals surface area contributed by atoms with E-state index in [2.05, 4.69) is 26.6 Å². The molecule has 6 nitrogen and oxygen atoms in total. The van der Waals surface area contributed by atoms with Crippen LogP contribution in [-0.2, 0) is 9.53 Å². The first-order valence-electron chi connectivity index (χ1n) is 6.72. The zero-order valence-corrected chi connectivity index (χ0v) is 14.9. The Morgan fingerprint density at radius 1 is 1.23 bits per heavy atom. The van der Waals surface area contributed by atoms with Gasteiger partial charge in [-0.1, -0.05) is 15.9 Å². The summed E-state index contributed by atoms with van der Waals surface area (Å²) < 4.78 is 11.1. The SMILES string of the molecule is CNC(=O)[C@@H](NC(=O)OC(C)(C)C)c1cc(Br)cc(OC)c1. The number of alkyl carbamates (subject to hydrolysis) is 1. The fourth-order valence-corrected chi connectivity index (χ4v) is 2.23. The third kappa shape index (κ3) is 5.55. The molecular weight excluding hydrogens is 352 g/mol. The Labute approximate surface area is 138 Å². The van der Waals surface area contributed by atoms with E-state index in [1.54, 1.807) is 39.0 Å². The molecule has 1 aromatic carbocycles. The van der Waals surface area contributed by atoms with Crippen LogP contribution in [0, 0.1) is 0 Å². The van der Waals surface area contributed by atoms with Crippen molar-refractivity contribution in [2.24, 2.45) is 0 Å². The van der Waals surface area contributed by atoms with Crippen molar-refractivity contribution in [3.8, 4) is 5.75 Å². The number of nitrogens with one attached hydrogen (secondary N) is 2. The predicted molar refractivity (Wildman–Crippen MR) is 86.9 cm³/mol. The zero-order chi connectivity index (χ0) is 16.9. The lowest BCUT2D eigenvalue weighted by Gasteiger charge is -2.23. The third-order valence-corrected chi connectivity index (χ3v) is 3.09. The Morgan fingerprint density at radius 3 is 2.36 bits per heavy atom. The third-order valence-electron chi connectivity index (χ3n) is 2.63. The van der Waals surface area contributed by atoms with Crippen LogP contribution in [0.1, 0.15) is 32.4 Å². The summed E-state index contributed by atoms with van der Waals surface area (Å²) in [5.74, 6) is 0.218. The van der Waals surface area contributed by atoms with Gasteiger partial charge in [0, 0.05) is 11.5 Å². The molecule has 1 aromatic rings. The predicted octanol–water partition coefficient (Wildman–Crippen LogP) is 2.77. The molecule has 0 bridgehead atoms. The van der Waals surface area contributed by atoms with Crippen LogP contribution in [0.3, 0.4) is 0 Å². The Balaban J connectivity index is 3.06. The van der Waals surface area contributed by atoms with Crippen LogP contribution in [0.2, 0.25) is 0 Å². The average Bonchev–Trinajstić information content (AvgIpc) is 2.41. The quantitative estimate of drug-likeness (QED) is 0.851. The molecule has 0 aliphatic heterocycles. The number of hydrogen-bond donors (Lipinski definition) is 2. The highest BCUT2D eigenvalue weighted by atomic mass is 79.9. The number of likely N-dealkylation sites (N-methyl/N-ethyl adjacent to an activating group) is 1. The highest BCUT2D eigenvalue weighted by Crippen LogP contribution is 2.26. The second-order valence-electron chi connectivity index (χ2n) is 5.62. The molecule has 0 fully saturated rings. The molecule has 0 spiro atoms. The van der Waals surface area contributed by atoms with E-state index in [-0.39, 0.29) is 5.91 Å². The van der Waals surface area contributed by atoms with Crippen molar-refractivity contribution in [2.45, 2.75) is 32.4 Å². The van der Waals surface area contributed by atoms with Gasteiger partial charge in [0.05, 0.1) is 7.11 Å². The number of methoxy groups -OCH3 is 1. The van der Waals surface area contributed by atoms with E-state index in [9.17, 15) is 9.59 Å². The fraction of sp³-hybridized carbons (Fsp3) is 0.467. The average molecular weight is 373 g/mol. The van der Waals surface area contributed by atoms with Gasteiger partial charge in [0.2, 0.25) is 5.91 Å². The molecule has 7 heteroatoms. The number of amides is 2. The zero-order valence-electron chi connectivity index (χ0n) is 13.3. The molecule has 0 aliphatic rings. The van der Waals surface area contributed by atoms with Crippen molar-refractivity contribution in [1.82, 2.24) is 10.6 Å². The highest BCUT2D eigenvalue weighted by Gasteiger charge is 2.25. The van der Waals surface area contributed by atoms with Gasteiger partial charge in [-0.05, 0) is 44.5 Å². The summed E-state index contributed by atoms with van der Waals surface area (Å²) in [5, 5.41) is 5.09. The first kappa shape index (κ1) is 18.3. The smallest absolute Gasteiger partial charge is 0.408 e. The first-order valence-corrected chi connectivity index (χ1v) is 7.51. The number of rotatable bonds is 4. The van der Waals surface area contributed by atoms with Crippen LogP contribution >= 0.6 is 15.9 Å². The van der Waals surface area contributed by atoms with Crippen LogP contribution in [0.4, 0.5) is 4.79 Å².